The van der Waals surface area contributed by atoms with Crippen molar-refractivity contribution in [1.82, 2.24) is 13.2 Å². The lowest BCUT2D eigenvalue weighted by Gasteiger charge is -2.28. The van der Waals surface area contributed by atoms with Crippen molar-refractivity contribution in [2.75, 3.05) is 13.1 Å². The molecule has 1 aliphatic rings. The number of carboxylic acid groups (broad SMARTS) is 1. The zero-order valence-electron chi connectivity index (χ0n) is 18.7. The van der Waals surface area contributed by atoms with Gasteiger partial charge in [-0.3, -0.25) is 4.79 Å². The van der Waals surface area contributed by atoms with Gasteiger partial charge >= 0.3 is 16.3 Å². The van der Waals surface area contributed by atoms with Crippen molar-refractivity contribution in [1.29, 1.82) is 0 Å². The van der Waals surface area contributed by atoms with Crippen molar-refractivity contribution in [2.45, 2.75) is 12.5 Å². The second-order valence-corrected chi connectivity index (χ2v) is 10.1. The van der Waals surface area contributed by atoms with Crippen molar-refractivity contribution in [3.63, 3.8) is 0 Å². The molecule has 1 N–H and O–H groups in total. The summed E-state index contributed by atoms with van der Waals surface area (Å²) < 4.78 is 30.3. The highest BCUT2D eigenvalue weighted by atomic mass is 32.2. The van der Waals surface area contributed by atoms with Gasteiger partial charge in [0.2, 0.25) is 0 Å². The van der Waals surface area contributed by atoms with E-state index in [1.807, 2.05) is 42.5 Å². The third-order valence-corrected chi connectivity index (χ3v) is 8.01. The first-order valence-corrected chi connectivity index (χ1v) is 12.6. The molecule has 2 amide bonds. The number of likely N-dealkylation sites (tertiary alicyclic amines) is 1. The molecule has 9 heteroatoms. The molecule has 1 unspecified atom stereocenters. The fraction of sp³-hybridized carbons (Fsp3) is 0.154. The molecule has 3 aromatic carbocycles. The van der Waals surface area contributed by atoms with Crippen LogP contribution in [0.15, 0.2) is 91.1 Å². The normalized spacial score (nSPS) is 15.9. The standard InChI is InChI=1S/C26H23N3O5S/c30-25(20-11-5-2-6-12-20)29(21-15-16-27(17-21)26(31)32)35(33,34)28-18-23(19-9-3-1-4-10-19)22-13-7-8-14-24(22)28/h1-14,18,21H,15-17H2,(H,31,32). The second-order valence-electron chi connectivity index (χ2n) is 8.37. The highest BCUT2D eigenvalue weighted by Crippen LogP contribution is 2.33. The van der Waals surface area contributed by atoms with Gasteiger partial charge in [-0.1, -0.05) is 66.7 Å². The van der Waals surface area contributed by atoms with E-state index in [4.69, 9.17) is 0 Å². The summed E-state index contributed by atoms with van der Waals surface area (Å²) in [6.07, 6.45) is 0.606. The van der Waals surface area contributed by atoms with Gasteiger partial charge in [0, 0.05) is 35.8 Å². The molecule has 0 spiro atoms. The Hall–Kier alpha value is -4.11. The number of amides is 2. The number of hydrogen-bond acceptors (Lipinski definition) is 4. The van der Waals surface area contributed by atoms with E-state index in [0.717, 1.165) is 29.7 Å². The number of carbonyl (C=O) groups is 2. The Labute approximate surface area is 202 Å². The molecular formula is C26H23N3O5S. The first-order chi connectivity index (χ1) is 16.9. The maximum absolute atomic E-state index is 14.2. The molecule has 1 fully saturated rings. The lowest BCUT2D eigenvalue weighted by atomic mass is 10.1. The maximum atomic E-state index is 14.2. The van der Waals surface area contributed by atoms with Crippen molar-refractivity contribution in [2.24, 2.45) is 0 Å². The average Bonchev–Trinajstić information content (AvgIpc) is 3.51. The zero-order chi connectivity index (χ0) is 24.6. The van der Waals surface area contributed by atoms with Crippen LogP contribution >= 0.6 is 0 Å². The molecule has 0 aliphatic carbocycles. The summed E-state index contributed by atoms with van der Waals surface area (Å²) in [7, 11) is -4.41. The molecule has 178 valence electrons. The van der Waals surface area contributed by atoms with E-state index in [-0.39, 0.29) is 25.1 Å². The number of hydrogen-bond donors (Lipinski definition) is 1. The van der Waals surface area contributed by atoms with Crippen LogP contribution in [0.4, 0.5) is 4.79 Å². The summed E-state index contributed by atoms with van der Waals surface area (Å²) in [5.74, 6) is -0.693. The van der Waals surface area contributed by atoms with Gasteiger partial charge < -0.3 is 10.0 Å². The Morgan fingerprint density at radius 1 is 0.886 bits per heavy atom. The Kier molecular flexibility index (Phi) is 5.78. The van der Waals surface area contributed by atoms with E-state index in [9.17, 15) is 23.1 Å². The molecule has 0 saturated carbocycles. The monoisotopic (exact) mass is 489 g/mol. The number of fused-ring (bicyclic) bond motifs is 1. The Morgan fingerprint density at radius 3 is 2.17 bits per heavy atom. The summed E-state index contributed by atoms with van der Waals surface area (Å²) in [5, 5.41) is 10.2. The third-order valence-electron chi connectivity index (χ3n) is 6.25. The summed E-state index contributed by atoms with van der Waals surface area (Å²) in [6.45, 7) is 0.0632. The van der Waals surface area contributed by atoms with E-state index in [1.54, 1.807) is 42.5 Å². The van der Waals surface area contributed by atoms with Gasteiger partial charge in [0.05, 0.1) is 11.6 Å². The van der Waals surface area contributed by atoms with Gasteiger partial charge in [0.25, 0.3) is 5.91 Å². The van der Waals surface area contributed by atoms with E-state index in [2.05, 4.69) is 0 Å². The van der Waals surface area contributed by atoms with Crippen LogP contribution in [-0.2, 0) is 10.2 Å². The van der Waals surface area contributed by atoms with Crippen LogP contribution in [0.25, 0.3) is 22.0 Å². The number of carbonyl (C=O) groups excluding carboxylic acids is 1. The average molecular weight is 490 g/mol. The minimum atomic E-state index is -4.41. The summed E-state index contributed by atoms with van der Waals surface area (Å²) >= 11 is 0. The summed E-state index contributed by atoms with van der Waals surface area (Å²) in [4.78, 5) is 26.3. The maximum Gasteiger partial charge on any atom is 0.407 e. The van der Waals surface area contributed by atoms with Crippen LogP contribution in [0.1, 0.15) is 16.8 Å². The third kappa shape index (κ3) is 4.04. The molecule has 35 heavy (non-hydrogen) atoms. The van der Waals surface area contributed by atoms with Crippen molar-refractivity contribution in [3.8, 4) is 11.1 Å². The van der Waals surface area contributed by atoms with Gasteiger partial charge in [0.15, 0.2) is 0 Å². The lowest BCUT2D eigenvalue weighted by Crippen LogP contribution is -2.48. The minimum Gasteiger partial charge on any atom is -0.465 e. The molecule has 1 atom stereocenters. The number of benzene rings is 3. The van der Waals surface area contributed by atoms with Crippen LogP contribution in [0.5, 0.6) is 0 Å². The van der Waals surface area contributed by atoms with Gasteiger partial charge in [0.1, 0.15) is 0 Å². The number of rotatable bonds is 5. The minimum absolute atomic E-state index is 0.0854. The zero-order valence-corrected chi connectivity index (χ0v) is 19.5. The first-order valence-electron chi connectivity index (χ1n) is 11.2. The molecule has 2 heterocycles. The number of para-hydroxylation sites is 1. The van der Waals surface area contributed by atoms with Crippen molar-refractivity contribution >= 4 is 33.1 Å². The highest BCUT2D eigenvalue weighted by Gasteiger charge is 2.41. The molecule has 5 rings (SSSR count). The van der Waals surface area contributed by atoms with E-state index < -0.39 is 28.3 Å². The van der Waals surface area contributed by atoms with Crippen molar-refractivity contribution in [3.05, 3.63) is 96.7 Å². The predicted molar refractivity (Wildman–Crippen MR) is 132 cm³/mol. The van der Waals surface area contributed by atoms with Gasteiger partial charge in [-0.15, -0.1) is 0 Å². The second kappa shape index (κ2) is 8.92. The Bertz CT molecular complexity index is 1500. The smallest absolute Gasteiger partial charge is 0.407 e. The van der Waals surface area contributed by atoms with Crippen LogP contribution < -0.4 is 0 Å². The topological polar surface area (TPSA) is 99.9 Å². The highest BCUT2D eigenvalue weighted by molar-refractivity contribution is 7.88. The number of nitrogens with zero attached hydrogens (tertiary/aromatic N) is 3. The summed E-state index contributed by atoms with van der Waals surface area (Å²) in [5.41, 5.74) is 2.21. The molecule has 1 aromatic heterocycles. The Balaban J connectivity index is 1.67. The van der Waals surface area contributed by atoms with Gasteiger partial charge in [-0.2, -0.15) is 8.42 Å². The van der Waals surface area contributed by atoms with Gasteiger partial charge in [-0.05, 0) is 30.2 Å². The van der Waals surface area contributed by atoms with Crippen LogP contribution in [0.2, 0.25) is 0 Å². The SMILES string of the molecule is O=C(O)N1CCC(N(C(=O)c2ccccc2)S(=O)(=O)n2cc(-c3ccccc3)c3ccccc32)C1. The number of aromatic nitrogens is 1. The Morgan fingerprint density at radius 2 is 1.51 bits per heavy atom. The van der Waals surface area contributed by atoms with E-state index in [1.165, 1.54) is 6.20 Å². The molecule has 4 aromatic rings. The van der Waals surface area contributed by atoms with Crippen LogP contribution in [0, 0.1) is 0 Å². The molecule has 8 nitrogen and oxygen atoms in total. The fourth-order valence-corrected chi connectivity index (χ4v) is 6.26. The molecule has 0 bridgehead atoms. The molecule has 0 radical (unpaired) electrons. The largest absolute Gasteiger partial charge is 0.465 e. The fourth-order valence-electron chi connectivity index (χ4n) is 4.56. The predicted octanol–water partition coefficient (Wildman–Crippen LogP) is 4.30. The molecule has 1 aliphatic heterocycles. The quantitative estimate of drug-likeness (QED) is 0.451. The first kappa shape index (κ1) is 22.7. The molecule has 1 saturated heterocycles. The lowest BCUT2D eigenvalue weighted by molar-refractivity contribution is 0.0818. The van der Waals surface area contributed by atoms with Crippen molar-refractivity contribution < 1.29 is 23.1 Å². The van der Waals surface area contributed by atoms with Crippen LogP contribution in [-0.4, -0.2) is 57.8 Å². The van der Waals surface area contributed by atoms with E-state index >= 15 is 0 Å². The van der Waals surface area contributed by atoms with Crippen LogP contribution in [0.3, 0.4) is 0 Å². The van der Waals surface area contributed by atoms with Gasteiger partial charge in [-0.25, -0.2) is 13.1 Å². The molecular weight excluding hydrogens is 466 g/mol. The van der Waals surface area contributed by atoms with E-state index in [0.29, 0.717) is 5.52 Å². The summed E-state index contributed by atoms with van der Waals surface area (Å²) in [6, 6.07) is 23.9.